The second-order valence-electron chi connectivity index (χ2n) is 2.97. The Morgan fingerprint density at radius 1 is 1.38 bits per heavy atom. The highest BCUT2D eigenvalue weighted by atomic mass is 35.5. The monoisotopic (exact) mass is 195 g/mol. The number of benzene rings is 1. The molecule has 0 aliphatic carbocycles. The first-order valence-electron chi connectivity index (χ1n) is 4.18. The lowest BCUT2D eigenvalue weighted by molar-refractivity contribution is 0.298. The standard InChI is InChI=1S/C10H10ClNO/c11-9-2-1-3-10-8(9)6-7(12-10)4-5-13/h1-3,6,12-13H,4-5H2. The van der Waals surface area contributed by atoms with E-state index in [0.717, 1.165) is 21.6 Å². The summed E-state index contributed by atoms with van der Waals surface area (Å²) in [6, 6.07) is 7.72. The number of aromatic nitrogens is 1. The molecule has 0 saturated heterocycles. The van der Waals surface area contributed by atoms with Gasteiger partial charge in [-0.1, -0.05) is 17.7 Å². The maximum absolute atomic E-state index is 8.76. The first-order chi connectivity index (χ1) is 6.31. The molecule has 2 nitrogen and oxygen atoms in total. The van der Waals surface area contributed by atoms with E-state index in [1.165, 1.54) is 0 Å². The van der Waals surface area contributed by atoms with Gasteiger partial charge in [-0.2, -0.15) is 0 Å². The van der Waals surface area contributed by atoms with Crippen LogP contribution < -0.4 is 0 Å². The first kappa shape index (κ1) is 8.60. The molecule has 0 aliphatic heterocycles. The zero-order valence-corrected chi connectivity index (χ0v) is 7.80. The highest BCUT2D eigenvalue weighted by Crippen LogP contribution is 2.23. The molecule has 0 atom stereocenters. The summed E-state index contributed by atoms with van der Waals surface area (Å²) in [5.74, 6) is 0. The summed E-state index contributed by atoms with van der Waals surface area (Å²) in [6.07, 6.45) is 0.644. The van der Waals surface area contributed by atoms with E-state index >= 15 is 0 Å². The van der Waals surface area contributed by atoms with E-state index in [2.05, 4.69) is 4.98 Å². The third-order valence-corrected chi connectivity index (χ3v) is 2.38. The quantitative estimate of drug-likeness (QED) is 0.759. The van der Waals surface area contributed by atoms with Gasteiger partial charge in [0.1, 0.15) is 0 Å². The Bertz CT molecular complexity index is 422. The molecule has 0 unspecified atom stereocenters. The number of rotatable bonds is 2. The van der Waals surface area contributed by atoms with Gasteiger partial charge in [-0.05, 0) is 18.2 Å². The molecule has 0 amide bonds. The van der Waals surface area contributed by atoms with Gasteiger partial charge in [0, 0.05) is 34.6 Å². The van der Waals surface area contributed by atoms with Gasteiger partial charge in [-0.25, -0.2) is 0 Å². The van der Waals surface area contributed by atoms with Gasteiger partial charge in [0.05, 0.1) is 0 Å². The van der Waals surface area contributed by atoms with E-state index in [1.807, 2.05) is 24.3 Å². The van der Waals surface area contributed by atoms with Crippen LogP contribution in [0.15, 0.2) is 24.3 Å². The van der Waals surface area contributed by atoms with Gasteiger partial charge in [-0.15, -0.1) is 0 Å². The van der Waals surface area contributed by atoms with Crippen LogP contribution in [0.2, 0.25) is 5.02 Å². The van der Waals surface area contributed by atoms with E-state index in [9.17, 15) is 0 Å². The van der Waals surface area contributed by atoms with E-state index in [4.69, 9.17) is 16.7 Å². The minimum absolute atomic E-state index is 0.157. The number of aliphatic hydroxyl groups excluding tert-OH is 1. The van der Waals surface area contributed by atoms with Crippen LogP contribution >= 0.6 is 11.6 Å². The summed E-state index contributed by atoms with van der Waals surface area (Å²) >= 11 is 5.99. The van der Waals surface area contributed by atoms with Crippen molar-refractivity contribution in [2.75, 3.05) is 6.61 Å². The SMILES string of the molecule is OCCc1cc2c(Cl)cccc2[nH]1. The largest absolute Gasteiger partial charge is 0.396 e. The van der Waals surface area contributed by atoms with Gasteiger partial charge < -0.3 is 10.1 Å². The normalized spacial score (nSPS) is 10.9. The van der Waals surface area contributed by atoms with Crippen LogP contribution in [0.3, 0.4) is 0 Å². The number of hydrogen-bond donors (Lipinski definition) is 2. The van der Waals surface area contributed by atoms with Crippen LogP contribution in [-0.4, -0.2) is 16.7 Å². The van der Waals surface area contributed by atoms with Crippen molar-refractivity contribution < 1.29 is 5.11 Å². The minimum Gasteiger partial charge on any atom is -0.396 e. The van der Waals surface area contributed by atoms with Gasteiger partial charge in [-0.3, -0.25) is 0 Å². The van der Waals surface area contributed by atoms with E-state index < -0.39 is 0 Å². The molecule has 3 heteroatoms. The Morgan fingerprint density at radius 3 is 2.92 bits per heavy atom. The van der Waals surface area contributed by atoms with Gasteiger partial charge in [0.15, 0.2) is 0 Å². The highest BCUT2D eigenvalue weighted by molar-refractivity contribution is 6.35. The van der Waals surface area contributed by atoms with Gasteiger partial charge >= 0.3 is 0 Å². The van der Waals surface area contributed by atoms with Crippen molar-refractivity contribution in [2.24, 2.45) is 0 Å². The van der Waals surface area contributed by atoms with Crippen LogP contribution in [0.4, 0.5) is 0 Å². The summed E-state index contributed by atoms with van der Waals surface area (Å²) in [6.45, 7) is 0.157. The smallest absolute Gasteiger partial charge is 0.0499 e. The first-order valence-corrected chi connectivity index (χ1v) is 4.56. The predicted molar refractivity (Wildman–Crippen MR) is 54.1 cm³/mol. The Morgan fingerprint density at radius 2 is 2.23 bits per heavy atom. The van der Waals surface area contributed by atoms with Crippen LogP contribution in [0.1, 0.15) is 5.69 Å². The lowest BCUT2D eigenvalue weighted by Crippen LogP contribution is -1.88. The van der Waals surface area contributed by atoms with E-state index in [0.29, 0.717) is 6.42 Å². The van der Waals surface area contributed by atoms with E-state index in [1.54, 1.807) is 0 Å². The molecular weight excluding hydrogens is 186 g/mol. The summed E-state index contributed by atoms with van der Waals surface area (Å²) in [4.78, 5) is 3.19. The van der Waals surface area contributed by atoms with Crippen LogP contribution in [-0.2, 0) is 6.42 Å². The molecule has 1 aromatic heterocycles. The maximum atomic E-state index is 8.76. The van der Waals surface area contributed by atoms with Crippen LogP contribution in [0, 0.1) is 0 Å². The number of nitrogens with one attached hydrogen (secondary N) is 1. The molecule has 0 bridgehead atoms. The minimum atomic E-state index is 0.157. The van der Waals surface area contributed by atoms with Crippen LogP contribution in [0.5, 0.6) is 0 Å². The highest BCUT2D eigenvalue weighted by Gasteiger charge is 2.02. The fourth-order valence-electron chi connectivity index (χ4n) is 1.43. The molecule has 2 rings (SSSR count). The molecule has 68 valence electrons. The average Bonchev–Trinajstić information content (AvgIpc) is 2.49. The predicted octanol–water partition coefficient (Wildman–Crippen LogP) is 2.36. The van der Waals surface area contributed by atoms with Crippen molar-refractivity contribution in [1.82, 2.24) is 4.98 Å². The molecule has 1 heterocycles. The molecular formula is C10H10ClNO. The van der Waals surface area contributed by atoms with Crippen molar-refractivity contribution in [1.29, 1.82) is 0 Å². The van der Waals surface area contributed by atoms with Crippen molar-refractivity contribution in [2.45, 2.75) is 6.42 Å². The fourth-order valence-corrected chi connectivity index (χ4v) is 1.66. The lowest BCUT2D eigenvalue weighted by atomic mass is 10.2. The van der Waals surface area contributed by atoms with Gasteiger partial charge in [0.2, 0.25) is 0 Å². The molecule has 0 spiro atoms. The molecule has 1 aromatic carbocycles. The third-order valence-electron chi connectivity index (χ3n) is 2.05. The number of H-pyrrole nitrogens is 1. The van der Waals surface area contributed by atoms with Crippen molar-refractivity contribution in [3.8, 4) is 0 Å². The van der Waals surface area contributed by atoms with Gasteiger partial charge in [0.25, 0.3) is 0 Å². The number of halogens is 1. The molecule has 0 fully saturated rings. The molecule has 0 radical (unpaired) electrons. The van der Waals surface area contributed by atoms with Crippen LogP contribution in [0.25, 0.3) is 10.9 Å². The molecule has 2 aromatic rings. The molecule has 0 saturated carbocycles. The molecule has 13 heavy (non-hydrogen) atoms. The van der Waals surface area contributed by atoms with E-state index in [-0.39, 0.29) is 6.61 Å². The second kappa shape index (κ2) is 3.40. The molecule has 2 N–H and O–H groups in total. The summed E-state index contributed by atoms with van der Waals surface area (Å²) < 4.78 is 0. The fraction of sp³-hybridized carbons (Fsp3) is 0.200. The maximum Gasteiger partial charge on any atom is 0.0499 e. The lowest BCUT2D eigenvalue weighted by Gasteiger charge is -1.90. The zero-order chi connectivity index (χ0) is 9.26. The Balaban J connectivity index is 2.55. The summed E-state index contributed by atoms with van der Waals surface area (Å²) in [7, 11) is 0. The molecule has 0 aliphatic rings. The summed E-state index contributed by atoms with van der Waals surface area (Å²) in [5.41, 5.74) is 2.04. The topological polar surface area (TPSA) is 36.0 Å². The third kappa shape index (κ3) is 1.55. The number of hydrogen-bond acceptors (Lipinski definition) is 1. The van der Waals surface area contributed by atoms with Crippen molar-refractivity contribution in [3.05, 3.63) is 35.0 Å². The Hall–Kier alpha value is -0.990. The Labute approximate surface area is 81.1 Å². The summed E-state index contributed by atoms with van der Waals surface area (Å²) in [5, 5.41) is 10.5. The zero-order valence-electron chi connectivity index (χ0n) is 7.05. The van der Waals surface area contributed by atoms with Crippen molar-refractivity contribution >= 4 is 22.5 Å². The van der Waals surface area contributed by atoms with Crippen molar-refractivity contribution in [3.63, 3.8) is 0 Å². The Kier molecular flexibility index (Phi) is 2.25. The number of aromatic amines is 1. The second-order valence-corrected chi connectivity index (χ2v) is 3.38. The number of aliphatic hydroxyl groups is 1. The number of fused-ring (bicyclic) bond motifs is 1. The average molecular weight is 196 g/mol.